The van der Waals surface area contributed by atoms with Gasteiger partial charge in [0.1, 0.15) is 0 Å². The van der Waals surface area contributed by atoms with Crippen LogP contribution in [0, 0.1) is 0 Å². The Morgan fingerprint density at radius 2 is 1.76 bits per heavy atom. The van der Waals surface area contributed by atoms with Gasteiger partial charge in [-0.2, -0.15) is 0 Å². The number of thioether (sulfide) groups is 1. The van der Waals surface area contributed by atoms with Crippen LogP contribution >= 0.6 is 11.8 Å². The molecule has 33 heavy (non-hydrogen) atoms. The van der Waals surface area contributed by atoms with Crippen LogP contribution in [0.15, 0.2) is 64.5 Å². The summed E-state index contributed by atoms with van der Waals surface area (Å²) in [5.41, 5.74) is 1.77. The quantitative estimate of drug-likeness (QED) is 0.406. The molecule has 0 spiro atoms. The summed E-state index contributed by atoms with van der Waals surface area (Å²) in [6.45, 7) is 6.20. The van der Waals surface area contributed by atoms with Gasteiger partial charge in [-0.05, 0) is 31.0 Å². The summed E-state index contributed by atoms with van der Waals surface area (Å²) in [6.07, 6.45) is 0.458. The summed E-state index contributed by atoms with van der Waals surface area (Å²) in [7, 11) is 0. The minimum absolute atomic E-state index is 0.00881. The standard InChI is InChI=1S/C25H30N4O3S/c1-19(23(31)28-15-13-27(14-16-28)18-20-8-3-2-4-9-20)33-25-26-22-11-6-5-10-21(22)24(32)29(25)12-7-17-30/h2-6,8-11,19,30H,7,12-18H2,1H3/t19-/m0/s1. The third kappa shape index (κ3) is 5.63. The van der Waals surface area contributed by atoms with E-state index in [4.69, 9.17) is 0 Å². The Morgan fingerprint density at radius 1 is 1.06 bits per heavy atom. The molecule has 1 saturated heterocycles. The van der Waals surface area contributed by atoms with Crippen LogP contribution in [0.1, 0.15) is 18.9 Å². The van der Waals surface area contributed by atoms with Crippen molar-refractivity contribution in [3.05, 3.63) is 70.5 Å². The van der Waals surface area contributed by atoms with Crippen LogP contribution in [0.2, 0.25) is 0 Å². The Kier molecular flexibility index (Phi) is 7.80. The summed E-state index contributed by atoms with van der Waals surface area (Å²) in [6, 6.07) is 17.6. The number of hydrogen-bond donors (Lipinski definition) is 1. The van der Waals surface area contributed by atoms with Crippen LogP contribution in [-0.2, 0) is 17.9 Å². The fraction of sp³-hybridized carbons (Fsp3) is 0.400. The first-order valence-corrected chi connectivity index (χ1v) is 12.3. The molecule has 1 atom stereocenters. The fourth-order valence-electron chi connectivity index (χ4n) is 4.10. The number of amides is 1. The highest BCUT2D eigenvalue weighted by atomic mass is 32.2. The molecule has 1 aliphatic heterocycles. The number of aromatic nitrogens is 2. The van der Waals surface area contributed by atoms with Crippen molar-refractivity contribution in [3.63, 3.8) is 0 Å². The lowest BCUT2D eigenvalue weighted by Crippen LogP contribution is -2.50. The molecule has 1 aliphatic rings. The predicted molar refractivity (Wildman–Crippen MR) is 131 cm³/mol. The molecule has 1 aromatic heterocycles. The molecule has 3 aromatic rings. The number of para-hydroxylation sites is 1. The molecule has 0 radical (unpaired) electrons. The summed E-state index contributed by atoms with van der Waals surface area (Å²) in [4.78, 5) is 35.2. The second kappa shape index (κ2) is 11.0. The number of carbonyl (C=O) groups excluding carboxylic acids is 1. The molecule has 1 amide bonds. The van der Waals surface area contributed by atoms with Gasteiger partial charge in [0.2, 0.25) is 5.91 Å². The van der Waals surface area contributed by atoms with Crippen molar-refractivity contribution in [3.8, 4) is 0 Å². The number of hydrogen-bond acceptors (Lipinski definition) is 6. The molecule has 0 bridgehead atoms. The van der Waals surface area contributed by atoms with Crippen LogP contribution in [0.4, 0.5) is 0 Å². The maximum absolute atomic E-state index is 13.2. The molecule has 174 valence electrons. The van der Waals surface area contributed by atoms with E-state index in [0.717, 1.165) is 19.6 Å². The lowest BCUT2D eigenvalue weighted by atomic mass is 10.2. The zero-order chi connectivity index (χ0) is 23.2. The van der Waals surface area contributed by atoms with E-state index in [0.29, 0.717) is 42.1 Å². The highest BCUT2D eigenvalue weighted by Crippen LogP contribution is 2.24. The molecule has 0 saturated carbocycles. The van der Waals surface area contributed by atoms with Gasteiger partial charge in [-0.1, -0.05) is 54.2 Å². The minimum Gasteiger partial charge on any atom is -0.396 e. The highest BCUT2D eigenvalue weighted by molar-refractivity contribution is 8.00. The molecule has 7 nitrogen and oxygen atoms in total. The van der Waals surface area contributed by atoms with Crippen LogP contribution in [0.25, 0.3) is 10.9 Å². The number of piperazine rings is 1. The van der Waals surface area contributed by atoms with Crippen LogP contribution in [0.5, 0.6) is 0 Å². The fourth-order valence-corrected chi connectivity index (χ4v) is 5.12. The number of aliphatic hydroxyl groups excluding tert-OH is 1. The van der Waals surface area contributed by atoms with Gasteiger partial charge < -0.3 is 10.0 Å². The molecule has 8 heteroatoms. The normalized spacial score (nSPS) is 15.6. The zero-order valence-electron chi connectivity index (χ0n) is 18.9. The summed E-state index contributed by atoms with van der Waals surface area (Å²) in [5.74, 6) is 0.0653. The van der Waals surface area contributed by atoms with Crippen molar-refractivity contribution in [1.82, 2.24) is 19.4 Å². The molecule has 4 rings (SSSR count). The van der Waals surface area contributed by atoms with Gasteiger partial charge in [0.25, 0.3) is 5.56 Å². The number of aliphatic hydroxyl groups is 1. The van der Waals surface area contributed by atoms with E-state index in [9.17, 15) is 14.7 Å². The van der Waals surface area contributed by atoms with E-state index in [1.165, 1.54) is 17.3 Å². The molecule has 1 N–H and O–H groups in total. The third-order valence-corrected chi connectivity index (χ3v) is 7.01. The molecular formula is C25H30N4O3S. The molecule has 0 unspecified atom stereocenters. The van der Waals surface area contributed by atoms with E-state index in [1.54, 1.807) is 10.6 Å². The Labute approximate surface area is 198 Å². The topological polar surface area (TPSA) is 78.7 Å². The molecule has 2 heterocycles. The second-order valence-corrected chi connectivity index (χ2v) is 9.60. The lowest BCUT2D eigenvalue weighted by Gasteiger charge is -2.35. The predicted octanol–water partition coefficient (Wildman–Crippen LogP) is 2.60. The van der Waals surface area contributed by atoms with Crippen LogP contribution < -0.4 is 5.56 Å². The Morgan fingerprint density at radius 3 is 2.48 bits per heavy atom. The molecule has 0 aliphatic carbocycles. The molecule has 1 fully saturated rings. The first-order valence-electron chi connectivity index (χ1n) is 11.4. The van der Waals surface area contributed by atoms with Gasteiger partial charge >= 0.3 is 0 Å². The smallest absolute Gasteiger partial charge is 0.262 e. The number of carbonyl (C=O) groups is 1. The van der Waals surface area contributed by atoms with Gasteiger partial charge in [-0.25, -0.2) is 4.98 Å². The van der Waals surface area contributed by atoms with E-state index >= 15 is 0 Å². The Balaban J connectivity index is 1.43. The van der Waals surface area contributed by atoms with Gasteiger partial charge in [-0.15, -0.1) is 0 Å². The maximum atomic E-state index is 13.2. The van der Waals surface area contributed by atoms with E-state index in [1.807, 2.05) is 36.1 Å². The molecular weight excluding hydrogens is 436 g/mol. The van der Waals surface area contributed by atoms with E-state index < -0.39 is 0 Å². The monoisotopic (exact) mass is 466 g/mol. The number of rotatable bonds is 8. The van der Waals surface area contributed by atoms with E-state index in [2.05, 4.69) is 34.1 Å². The van der Waals surface area contributed by atoms with Crippen molar-refractivity contribution in [2.24, 2.45) is 0 Å². The van der Waals surface area contributed by atoms with Gasteiger partial charge in [0.05, 0.1) is 16.2 Å². The van der Waals surface area contributed by atoms with E-state index in [-0.39, 0.29) is 23.3 Å². The minimum atomic E-state index is -0.362. The van der Waals surface area contributed by atoms with Gasteiger partial charge in [0.15, 0.2) is 5.16 Å². The highest BCUT2D eigenvalue weighted by Gasteiger charge is 2.27. The number of nitrogens with zero attached hydrogens (tertiary/aromatic N) is 4. The Hall–Kier alpha value is -2.68. The molecule has 2 aromatic carbocycles. The average Bonchev–Trinajstić information content (AvgIpc) is 2.84. The second-order valence-electron chi connectivity index (χ2n) is 8.29. The lowest BCUT2D eigenvalue weighted by molar-refractivity contribution is -0.132. The van der Waals surface area contributed by atoms with Crippen molar-refractivity contribution in [2.45, 2.75) is 36.8 Å². The zero-order valence-corrected chi connectivity index (χ0v) is 19.7. The number of fused-ring (bicyclic) bond motifs is 1. The van der Waals surface area contributed by atoms with Crippen molar-refractivity contribution < 1.29 is 9.90 Å². The first kappa shape index (κ1) is 23.5. The van der Waals surface area contributed by atoms with Crippen molar-refractivity contribution in [1.29, 1.82) is 0 Å². The van der Waals surface area contributed by atoms with Crippen LogP contribution in [0.3, 0.4) is 0 Å². The maximum Gasteiger partial charge on any atom is 0.262 e. The van der Waals surface area contributed by atoms with Crippen LogP contribution in [-0.4, -0.2) is 68.4 Å². The van der Waals surface area contributed by atoms with Crippen molar-refractivity contribution >= 4 is 28.6 Å². The first-order chi connectivity index (χ1) is 16.1. The summed E-state index contributed by atoms with van der Waals surface area (Å²) in [5, 5.41) is 9.98. The number of benzene rings is 2. The van der Waals surface area contributed by atoms with Gasteiger partial charge in [0, 0.05) is 45.9 Å². The van der Waals surface area contributed by atoms with Crippen molar-refractivity contribution in [2.75, 3.05) is 32.8 Å². The SMILES string of the molecule is C[C@H](Sc1nc2ccccc2c(=O)n1CCCO)C(=O)N1CCN(Cc2ccccc2)CC1. The summed E-state index contributed by atoms with van der Waals surface area (Å²) < 4.78 is 1.59. The Bertz CT molecular complexity index is 1140. The van der Waals surface area contributed by atoms with Gasteiger partial charge in [-0.3, -0.25) is 19.1 Å². The average molecular weight is 467 g/mol. The third-order valence-electron chi connectivity index (χ3n) is 5.93. The largest absolute Gasteiger partial charge is 0.396 e. The summed E-state index contributed by atoms with van der Waals surface area (Å²) >= 11 is 1.32.